The summed E-state index contributed by atoms with van der Waals surface area (Å²) in [5, 5.41) is 8.49. The first-order chi connectivity index (χ1) is 7.95. The first kappa shape index (κ1) is 12.9. The highest BCUT2D eigenvalue weighted by molar-refractivity contribution is 6.10. The van der Waals surface area contributed by atoms with Crippen LogP contribution in [-0.2, 0) is 4.79 Å². The van der Waals surface area contributed by atoms with Crippen molar-refractivity contribution >= 4 is 11.8 Å². The second-order valence-corrected chi connectivity index (χ2v) is 3.34. The van der Waals surface area contributed by atoms with Crippen LogP contribution in [0.1, 0.15) is 17.3 Å². The number of methoxy groups -OCH3 is 1. The average molecular weight is 238 g/mol. The van der Waals surface area contributed by atoms with Gasteiger partial charge in [-0.3, -0.25) is 4.79 Å². The van der Waals surface area contributed by atoms with Gasteiger partial charge in [0.1, 0.15) is 0 Å². The number of carboxylic acids is 1. The number of carboxylic acid groups (broad SMARTS) is 1. The van der Waals surface area contributed by atoms with Crippen LogP contribution in [0.15, 0.2) is 29.8 Å². The number of halogens is 1. The van der Waals surface area contributed by atoms with E-state index in [1.54, 1.807) is 0 Å². The van der Waals surface area contributed by atoms with E-state index in [1.165, 1.54) is 26.2 Å². The summed E-state index contributed by atoms with van der Waals surface area (Å²) in [6.45, 7) is 1.36. The molecular formula is C12H11FO4. The molecule has 0 spiro atoms. The van der Waals surface area contributed by atoms with Crippen molar-refractivity contribution in [2.24, 2.45) is 0 Å². The molecule has 5 heteroatoms. The topological polar surface area (TPSA) is 63.6 Å². The van der Waals surface area contributed by atoms with Gasteiger partial charge in [-0.15, -0.1) is 0 Å². The fourth-order valence-corrected chi connectivity index (χ4v) is 1.29. The summed E-state index contributed by atoms with van der Waals surface area (Å²) in [5.41, 5.74) is 0.111. The maximum Gasteiger partial charge on any atom is 0.328 e. The number of allylic oxidation sites excluding steroid dienone is 1. The SMILES string of the molecule is COc1ccc(C(=O)/C(C)=C/C(=O)O)cc1F. The predicted octanol–water partition coefficient (Wildman–Crippen LogP) is 2.05. The number of rotatable bonds is 4. The molecule has 0 aliphatic rings. The average Bonchev–Trinajstić information content (AvgIpc) is 2.27. The van der Waals surface area contributed by atoms with E-state index in [9.17, 15) is 14.0 Å². The largest absolute Gasteiger partial charge is 0.494 e. The third-order valence-electron chi connectivity index (χ3n) is 2.11. The van der Waals surface area contributed by atoms with Crippen molar-refractivity contribution in [3.05, 3.63) is 41.2 Å². The van der Waals surface area contributed by atoms with Crippen LogP contribution in [0.2, 0.25) is 0 Å². The zero-order valence-corrected chi connectivity index (χ0v) is 9.36. The number of carbonyl (C=O) groups excluding carboxylic acids is 1. The summed E-state index contributed by atoms with van der Waals surface area (Å²) >= 11 is 0. The molecule has 4 nitrogen and oxygen atoms in total. The molecule has 0 aliphatic carbocycles. The molecule has 0 aliphatic heterocycles. The van der Waals surface area contributed by atoms with Gasteiger partial charge in [-0.1, -0.05) is 0 Å². The second-order valence-electron chi connectivity index (χ2n) is 3.34. The number of hydrogen-bond acceptors (Lipinski definition) is 3. The van der Waals surface area contributed by atoms with Crippen molar-refractivity contribution in [1.82, 2.24) is 0 Å². The molecule has 90 valence electrons. The summed E-state index contributed by atoms with van der Waals surface area (Å²) in [6.07, 6.45) is 0.782. The Morgan fingerprint density at radius 1 is 1.41 bits per heavy atom. The molecule has 0 atom stereocenters. The smallest absolute Gasteiger partial charge is 0.328 e. The molecule has 0 aromatic heterocycles. The van der Waals surface area contributed by atoms with E-state index in [-0.39, 0.29) is 16.9 Å². The van der Waals surface area contributed by atoms with Crippen molar-refractivity contribution in [3.63, 3.8) is 0 Å². The highest BCUT2D eigenvalue weighted by atomic mass is 19.1. The third-order valence-corrected chi connectivity index (χ3v) is 2.11. The van der Waals surface area contributed by atoms with Crippen molar-refractivity contribution in [2.75, 3.05) is 7.11 Å². The Bertz CT molecular complexity index is 491. The number of carbonyl (C=O) groups is 2. The Morgan fingerprint density at radius 3 is 2.53 bits per heavy atom. The van der Waals surface area contributed by atoms with Crippen molar-refractivity contribution in [3.8, 4) is 5.75 Å². The lowest BCUT2D eigenvalue weighted by molar-refractivity contribution is -0.131. The molecule has 1 aromatic rings. The van der Waals surface area contributed by atoms with Crippen LogP contribution in [0.5, 0.6) is 5.75 Å². The van der Waals surface area contributed by atoms with E-state index in [4.69, 9.17) is 9.84 Å². The van der Waals surface area contributed by atoms with Crippen molar-refractivity contribution in [2.45, 2.75) is 6.92 Å². The predicted molar refractivity (Wildman–Crippen MR) is 58.7 cm³/mol. The van der Waals surface area contributed by atoms with E-state index in [1.807, 2.05) is 0 Å². The highest BCUT2D eigenvalue weighted by Crippen LogP contribution is 2.19. The number of ketones is 1. The summed E-state index contributed by atoms with van der Waals surface area (Å²) in [5.74, 6) is -2.39. The number of benzene rings is 1. The standard InChI is InChI=1S/C12H11FO4/c1-7(5-11(14)15)12(16)8-3-4-10(17-2)9(13)6-8/h3-6H,1-2H3,(H,14,15)/b7-5+. The van der Waals surface area contributed by atoms with Gasteiger partial charge >= 0.3 is 5.97 Å². The Kier molecular flexibility index (Phi) is 3.98. The van der Waals surface area contributed by atoms with Crippen LogP contribution in [0.25, 0.3) is 0 Å². The van der Waals surface area contributed by atoms with E-state index in [0.29, 0.717) is 0 Å². The highest BCUT2D eigenvalue weighted by Gasteiger charge is 2.12. The molecule has 0 radical (unpaired) electrons. The van der Waals surface area contributed by atoms with Gasteiger partial charge in [0.25, 0.3) is 0 Å². The Balaban J connectivity index is 3.06. The van der Waals surface area contributed by atoms with Crippen LogP contribution in [0.3, 0.4) is 0 Å². The first-order valence-electron chi connectivity index (χ1n) is 4.75. The van der Waals surface area contributed by atoms with Gasteiger partial charge in [0.2, 0.25) is 0 Å². The molecule has 0 saturated heterocycles. The maximum absolute atomic E-state index is 13.3. The molecule has 0 fully saturated rings. The minimum absolute atomic E-state index is 0.0291. The molecule has 1 rings (SSSR count). The molecule has 0 heterocycles. The summed E-state index contributed by atoms with van der Waals surface area (Å²) in [4.78, 5) is 22.1. The second kappa shape index (κ2) is 5.25. The molecule has 0 unspecified atom stereocenters. The Labute approximate surface area is 97.3 Å². The van der Waals surface area contributed by atoms with Crippen LogP contribution in [0.4, 0.5) is 4.39 Å². The van der Waals surface area contributed by atoms with E-state index >= 15 is 0 Å². The number of hydrogen-bond donors (Lipinski definition) is 1. The summed E-state index contributed by atoms with van der Waals surface area (Å²) in [7, 11) is 1.31. The van der Waals surface area contributed by atoms with Crippen LogP contribution < -0.4 is 4.74 Å². The minimum Gasteiger partial charge on any atom is -0.494 e. The molecular weight excluding hydrogens is 227 g/mol. The molecule has 1 N–H and O–H groups in total. The van der Waals surface area contributed by atoms with Gasteiger partial charge in [0.05, 0.1) is 7.11 Å². The lowest BCUT2D eigenvalue weighted by Gasteiger charge is -2.04. The minimum atomic E-state index is -1.22. The van der Waals surface area contributed by atoms with Gasteiger partial charge in [-0.25, -0.2) is 9.18 Å². The van der Waals surface area contributed by atoms with E-state index in [0.717, 1.165) is 12.1 Å². The van der Waals surface area contributed by atoms with Gasteiger partial charge in [0.15, 0.2) is 17.3 Å². The lowest BCUT2D eigenvalue weighted by Crippen LogP contribution is -2.04. The zero-order valence-electron chi connectivity index (χ0n) is 9.36. The normalized spacial score (nSPS) is 11.1. The van der Waals surface area contributed by atoms with Crippen LogP contribution >= 0.6 is 0 Å². The van der Waals surface area contributed by atoms with Gasteiger partial charge in [-0.05, 0) is 25.1 Å². The fourth-order valence-electron chi connectivity index (χ4n) is 1.29. The molecule has 1 aromatic carbocycles. The fraction of sp³-hybridized carbons (Fsp3) is 0.167. The lowest BCUT2D eigenvalue weighted by atomic mass is 10.0. The molecule has 0 bridgehead atoms. The van der Waals surface area contributed by atoms with Crippen molar-refractivity contribution < 1.29 is 23.8 Å². The Hall–Kier alpha value is -2.17. The zero-order chi connectivity index (χ0) is 13.0. The number of aliphatic carboxylic acids is 1. The maximum atomic E-state index is 13.3. The number of Topliss-reactive ketones (excluding diaryl/α,β-unsaturated/α-hetero) is 1. The Morgan fingerprint density at radius 2 is 2.06 bits per heavy atom. The third kappa shape index (κ3) is 3.14. The van der Waals surface area contributed by atoms with E-state index in [2.05, 4.69) is 0 Å². The van der Waals surface area contributed by atoms with Gasteiger partial charge in [-0.2, -0.15) is 0 Å². The summed E-state index contributed by atoms with van der Waals surface area (Å²) < 4.78 is 18.0. The summed E-state index contributed by atoms with van der Waals surface area (Å²) in [6, 6.07) is 3.71. The van der Waals surface area contributed by atoms with Crippen LogP contribution in [-0.4, -0.2) is 24.0 Å². The molecule has 17 heavy (non-hydrogen) atoms. The monoisotopic (exact) mass is 238 g/mol. The quantitative estimate of drug-likeness (QED) is 0.644. The first-order valence-corrected chi connectivity index (χ1v) is 4.75. The number of ether oxygens (including phenoxy) is 1. The molecule has 0 amide bonds. The van der Waals surface area contributed by atoms with E-state index < -0.39 is 17.6 Å². The van der Waals surface area contributed by atoms with Gasteiger partial charge < -0.3 is 9.84 Å². The van der Waals surface area contributed by atoms with Crippen molar-refractivity contribution in [1.29, 1.82) is 0 Å². The molecule has 0 saturated carbocycles. The van der Waals surface area contributed by atoms with Gasteiger partial charge in [0, 0.05) is 17.2 Å². The van der Waals surface area contributed by atoms with Crippen LogP contribution in [0, 0.1) is 5.82 Å².